The van der Waals surface area contributed by atoms with Crippen molar-refractivity contribution in [2.45, 2.75) is 91.9 Å². The number of hydrogen-bond donors (Lipinski definition) is 2. The van der Waals surface area contributed by atoms with Gasteiger partial charge in [0.2, 0.25) is 5.91 Å². The number of carbonyl (C=O) groups excluding carboxylic acids is 1. The van der Waals surface area contributed by atoms with Crippen molar-refractivity contribution in [3.8, 4) is 28.4 Å². The third kappa shape index (κ3) is 7.21. The molecule has 3 aromatic rings. The number of aryl methyl sites for hydroxylation is 3. The SMILES string of the molecule is Cc1cc(F)cc(C)c1Oc1ccc(C(C)(C)O)cc1-c1cn(C)c(=O)cc1O[C@H]1CC[C@H](NC(=O)C(C)(C)C)CC1. The summed E-state index contributed by atoms with van der Waals surface area (Å²) in [7, 11) is 1.67. The highest BCUT2D eigenvalue weighted by atomic mass is 19.1. The van der Waals surface area contributed by atoms with Crippen LogP contribution in [-0.2, 0) is 17.4 Å². The van der Waals surface area contributed by atoms with Gasteiger partial charge in [-0.2, -0.15) is 0 Å². The van der Waals surface area contributed by atoms with Crippen LogP contribution >= 0.6 is 0 Å². The summed E-state index contributed by atoms with van der Waals surface area (Å²) in [5.74, 6) is 1.14. The maximum absolute atomic E-state index is 14.0. The second kappa shape index (κ2) is 11.9. The second-order valence-electron chi connectivity index (χ2n) is 13.1. The molecule has 2 aromatic carbocycles. The molecular formula is C34H43FN2O5. The number of rotatable bonds is 7. The molecule has 0 spiro atoms. The van der Waals surface area contributed by atoms with Crippen molar-refractivity contribution < 1.29 is 23.8 Å². The van der Waals surface area contributed by atoms with E-state index in [2.05, 4.69) is 5.32 Å². The molecule has 1 fully saturated rings. The Morgan fingerprint density at radius 2 is 1.57 bits per heavy atom. The molecule has 0 aliphatic heterocycles. The zero-order valence-electron chi connectivity index (χ0n) is 25.9. The predicted molar refractivity (Wildman–Crippen MR) is 163 cm³/mol. The van der Waals surface area contributed by atoms with Crippen molar-refractivity contribution >= 4 is 5.91 Å². The first-order valence-electron chi connectivity index (χ1n) is 14.5. The summed E-state index contributed by atoms with van der Waals surface area (Å²) in [5.41, 5.74) is 1.43. The molecule has 1 aromatic heterocycles. The molecule has 1 saturated carbocycles. The van der Waals surface area contributed by atoms with Crippen LogP contribution in [0.3, 0.4) is 0 Å². The summed E-state index contributed by atoms with van der Waals surface area (Å²) in [6.45, 7) is 12.7. The van der Waals surface area contributed by atoms with Gasteiger partial charge in [-0.15, -0.1) is 0 Å². The third-order valence-electron chi connectivity index (χ3n) is 7.79. The van der Waals surface area contributed by atoms with E-state index in [0.717, 1.165) is 25.7 Å². The molecular weight excluding hydrogens is 535 g/mol. The first-order valence-corrected chi connectivity index (χ1v) is 14.5. The maximum Gasteiger partial charge on any atom is 0.254 e. The largest absolute Gasteiger partial charge is 0.490 e. The normalized spacial score (nSPS) is 17.6. The predicted octanol–water partition coefficient (Wildman–Crippen LogP) is 6.68. The molecule has 7 nitrogen and oxygen atoms in total. The summed E-state index contributed by atoms with van der Waals surface area (Å²) in [6.07, 6.45) is 4.59. The Morgan fingerprint density at radius 1 is 0.952 bits per heavy atom. The van der Waals surface area contributed by atoms with Gasteiger partial charge in [-0.25, -0.2) is 4.39 Å². The number of nitrogens with one attached hydrogen (secondary N) is 1. The number of aromatic nitrogens is 1. The van der Waals surface area contributed by atoms with E-state index in [9.17, 15) is 19.1 Å². The maximum atomic E-state index is 14.0. The Balaban J connectivity index is 1.70. The lowest BCUT2D eigenvalue weighted by Crippen LogP contribution is -2.44. The van der Waals surface area contributed by atoms with E-state index in [4.69, 9.17) is 9.47 Å². The van der Waals surface area contributed by atoms with Gasteiger partial charge in [-0.1, -0.05) is 26.8 Å². The number of pyridine rings is 1. The minimum absolute atomic E-state index is 0.0338. The van der Waals surface area contributed by atoms with Crippen LogP contribution in [0, 0.1) is 25.1 Å². The molecule has 0 bridgehead atoms. The van der Waals surface area contributed by atoms with Crippen molar-refractivity contribution in [1.29, 1.82) is 0 Å². The average molecular weight is 579 g/mol. The van der Waals surface area contributed by atoms with Crippen molar-refractivity contribution in [3.05, 3.63) is 75.5 Å². The number of nitrogens with zero attached hydrogens (tertiary/aromatic N) is 1. The monoisotopic (exact) mass is 578 g/mol. The van der Waals surface area contributed by atoms with Gasteiger partial charge in [-0.05, 0) is 94.3 Å². The zero-order valence-corrected chi connectivity index (χ0v) is 25.9. The van der Waals surface area contributed by atoms with Crippen LogP contribution in [0.5, 0.6) is 17.2 Å². The van der Waals surface area contributed by atoms with Crippen LogP contribution in [0.2, 0.25) is 0 Å². The summed E-state index contributed by atoms with van der Waals surface area (Å²) >= 11 is 0. The van der Waals surface area contributed by atoms with Crippen LogP contribution in [0.25, 0.3) is 11.1 Å². The summed E-state index contributed by atoms with van der Waals surface area (Å²) in [4.78, 5) is 25.3. The molecule has 0 saturated heterocycles. The number of amides is 1. The first kappa shape index (κ1) is 31.3. The average Bonchev–Trinajstić information content (AvgIpc) is 2.88. The van der Waals surface area contributed by atoms with Gasteiger partial charge in [0.1, 0.15) is 23.1 Å². The number of aliphatic hydroxyl groups is 1. The number of hydrogen-bond acceptors (Lipinski definition) is 5. The Morgan fingerprint density at radius 3 is 2.14 bits per heavy atom. The molecule has 1 aliphatic carbocycles. The highest BCUT2D eigenvalue weighted by molar-refractivity contribution is 5.81. The molecule has 1 amide bonds. The van der Waals surface area contributed by atoms with E-state index in [0.29, 0.717) is 45.1 Å². The zero-order chi connectivity index (χ0) is 31.0. The van der Waals surface area contributed by atoms with Gasteiger partial charge in [0.15, 0.2) is 0 Å². The molecule has 0 atom stereocenters. The lowest BCUT2D eigenvalue weighted by atomic mass is 9.90. The van der Waals surface area contributed by atoms with Gasteiger partial charge < -0.3 is 24.5 Å². The molecule has 1 aliphatic rings. The van der Waals surface area contributed by atoms with Crippen molar-refractivity contribution in [2.75, 3.05) is 0 Å². The fourth-order valence-electron chi connectivity index (χ4n) is 5.20. The molecule has 2 N–H and O–H groups in total. The molecule has 8 heteroatoms. The van der Waals surface area contributed by atoms with Crippen LogP contribution in [0.15, 0.2) is 47.4 Å². The standard InChI is InChI=1S/C34H43FN2O5/c1-20-15-23(35)16-21(2)31(20)42-28-14-9-22(34(6,7)40)17-26(28)27-19-37(8)30(38)18-29(27)41-25-12-10-24(11-13-25)36-32(39)33(3,4)5/h9,14-19,24-25,40H,10-13H2,1-8H3,(H,36,39)/t24-,25-. The Kier molecular flexibility index (Phi) is 8.88. The first-order chi connectivity index (χ1) is 19.5. The number of carbonyl (C=O) groups is 1. The molecule has 4 rings (SSSR count). The number of benzene rings is 2. The van der Waals surface area contributed by atoms with Crippen molar-refractivity contribution in [1.82, 2.24) is 9.88 Å². The van der Waals surface area contributed by atoms with Gasteiger partial charge in [0.25, 0.3) is 5.56 Å². The van der Waals surface area contributed by atoms with Gasteiger partial charge in [-0.3, -0.25) is 9.59 Å². The summed E-state index contributed by atoms with van der Waals surface area (Å²) < 4.78 is 28.4. The molecule has 0 radical (unpaired) electrons. The fraction of sp³-hybridized carbons (Fsp3) is 0.471. The van der Waals surface area contributed by atoms with Crippen molar-refractivity contribution in [3.63, 3.8) is 0 Å². The van der Waals surface area contributed by atoms with Crippen LogP contribution in [0.4, 0.5) is 4.39 Å². The van der Waals surface area contributed by atoms with Gasteiger partial charge >= 0.3 is 0 Å². The fourth-order valence-corrected chi connectivity index (χ4v) is 5.20. The summed E-state index contributed by atoms with van der Waals surface area (Å²) in [6, 6.07) is 9.84. The Labute approximate surface area is 247 Å². The van der Waals surface area contributed by atoms with E-state index in [-0.39, 0.29) is 29.4 Å². The van der Waals surface area contributed by atoms with E-state index in [1.54, 1.807) is 53.1 Å². The summed E-state index contributed by atoms with van der Waals surface area (Å²) in [5, 5.41) is 14.0. The quantitative estimate of drug-likeness (QED) is 0.327. The highest BCUT2D eigenvalue weighted by Gasteiger charge is 2.29. The van der Waals surface area contributed by atoms with E-state index >= 15 is 0 Å². The van der Waals surface area contributed by atoms with E-state index in [1.807, 2.05) is 26.8 Å². The topological polar surface area (TPSA) is 89.8 Å². The Hall–Kier alpha value is -3.65. The van der Waals surface area contributed by atoms with E-state index in [1.165, 1.54) is 22.8 Å². The van der Waals surface area contributed by atoms with Crippen molar-refractivity contribution in [2.24, 2.45) is 12.5 Å². The number of halogens is 1. The molecule has 42 heavy (non-hydrogen) atoms. The van der Waals surface area contributed by atoms with Crippen LogP contribution in [0.1, 0.15) is 77.0 Å². The minimum atomic E-state index is -1.13. The second-order valence-corrected chi connectivity index (χ2v) is 13.1. The lowest BCUT2D eigenvalue weighted by molar-refractivity contribution is -0.129. The lowest BCUT2D eigenvalue weighted by Gasteiger charge is -2.32. The smallest absolute Gasteiger partial charge is 0.254 e. The van der Waals surface area contributed by atoms with Crippen LogP contribution < -0.4 is 20.3 Å². The highest BCUT2D eigenvalue weighted by Crippen LogP contribution is 2.42. The number of ether oxygens (including phenoxy) is 2. The van der Waals surface area contributed by atoms with E-state index < -0.39 is 11.0 Å². The molecule has 0 unspecified atom stereocenters. The Bertz CT molecular complexity index is 1500. The molecule has 226 valence electrons. The van der Waals surface area contributed by atoms with Gasteiger partial charge in [0, 0.05) is 41.9 Å². The van der Waals surface area contributed by atoms with Crippen LogP contribution in [-0.4, -0.2) is 27.7 Å². The molecule has 1 heterocycles. The minimum Gasteiger partial charge on any atom is -0.490 e. The third-order valence-corrected chi connectivity index (χ3v) is 7.79. The van der Waals surface area contributed by atoms with Gasteiger partial charge in [0.05, 0.1) is 11.7 Å².